The maximum Gasteiger partial charge on any atom is 0.194 e. The van der Waals surface area contributed by atoms with Crippen LogP contribution in [0.5, 0.6) is 0 Å². The van der Waals surface area contributed by atoms with Gasteiger partial charge >= 0.3 is 0 Å². The number of hydrogen-bond donors (Lipinski definition) is 0. The largest absolute Gasteiger partial charge is 0.289 e. The molecule has 1 aliphatic rings. The quantitative estimate of drug-likeness (QED) is 0.495. The molecule has 0 spiro atoms. The molecule has 108 valence electrons. The summed E-state index contributed by atoms with van der Waals surface area (Å²) in [5.74, 6) is 0.815. The Labute approximate surface area is 139 Å². The van der Waals surface area contributed by atoms with Crippen LogP contribution in [0.15, 0.2) is 48.5 Å². The summed E-state index contributed by atoms with van der Waals surface area (Å²) in [7, 11) is 0. The smallest absolute Gasteiger partial charge is 0.194 e. The Morgan fingerprint density at radius 3 is 2.24 bits per heavy atom. The Hall–Kier alpha value is -1.16. The summed E-state index contributed by atoms with van der Waals surface area (Å²) in [6, 6.07) is 16.1. The second-order valence-corrected chi connectivity index (χ2v) is 6.93. The standard InChI is InChI=1S/C19H19IO/c20-18-9-5-4-8-17(18)19(21)16-12-10-15(11-13-16)14-6-2-1-3-7-14/h4-5,8-14H,1-3,6-7H2. The van der Waals surface area contributed by atoms with Gasteiger partial charge in [-0.05, 0) is 59.0 Å². The van der Waals surface area contributed by atoms with E-state index < -0.39 is 0 Å². The second-order valence-electron chi connectivity index (χ2n) is 5.77. The summed E-state index contributed by atoms with van der Waals surface area (Å²) in [6.45, 7) is 0. The predicted octanol–water partition coefficient (Wildman–Crippen LogP) is 5.57. The van der Waals surface area contributed by atoms with Crippen LogP contribution in [0.2, 0.25) is 0 Å². The molecule has 0 unspecified atom stereocenters. The molecule has 2 aromatic carbocycles. The molecule has 2 aromatic rings. The van der Waals surface area contributed by atoms with E-state index in [0.717, 1.165) is 14.7 Å². The molecule has 2 heteroatoms. The number of hydrogen-bond acceptors (Lipinski definition) is 1. The molecule has 3 rings (SSSR count). The van der Waals surface area contributed by atoms with Crippen molar-refractivity contribution >= 4 is 28.4 Å². The number of rotatable bonds is 3. The fourth-order valence-electron chi connectivity index (χ4n) is 3.14. The van der Waals surface area contributed by atoms with Crippen LogP contribution in [0.1, 0.15) is 59.5 Å². The minimum absolute atomic E-state index is 0.121. The average Bonchev–Trinajstić information content (AvgIpc) is 2.56. The van der Waals surface area contributed by atoms with Gasteiger partial charge in [0.15, 0.2) is 5.78 Å². The molecule has 0 saturated heterocycles. The molecule has 21 heavy (non-hydrogen) atoms. The molecule has 1 fully saturated rings. The number of halogens is 1. The highest BCUT2D eigenvalue weighted by atomic mass is 127. The Morgan fingerprint density at radius 1 is 0.905 bits per heavy atom. The van der Waals surface area contributed by atoms with Gasteiger partial charge in [0.2, 0.25) is 0 Å². The summed E-state index contributed by atoms with van der Waals surface area (Å²) in [6.07, 6.45) is 6.65. The first kappa shape index (κ1) is 14.8. The maximum atomic E-state index is 12.5. The molecule has 0 aliphatic heterocycles. The van der Waals surface area contributed by atoms with E-state index in [4.69, 9.17) is 0 Å². The zero-order valence-corrected chi connectivity index (χ0v) is 14.2. The molecule has 1 nitrogen and oxygen atoms in total. The molecule has 1 saturated carbocycles. The lowest BCUT2D eigenvalue weighted by atomic mass is 9.84. The molecule has 0 heterocycles. The minimum Gasteiger partial charge on any atom is -0.289 e. The highest BCUT2D eigenvalue weighted by molar-refractivity contribution is 14.1. The van der Waals surface area contributed by atoms with E-state index in [1.165, 1.54) is 37.7 Å². The Bertz CT molecular complexity index is 624. The van der Waals surface area contributed by atoms with Gasteiger partial charge in [0.1, 0.15) is 0 Å². The van der Waals surface area contributed by atoms with Crippen LogP contribution in [0, 0.1) is 3.57 Å². The van der Waals surface area contributed by atoms with Crippen molar-refractivity contribution < 1.29 is 4.79 Å². The molecule has 0 radical (unpaired) electrons. The first-order valence-corrected chi connectivity index (χ1v) is 8.73. The van der Waals surface area contributed by atoms with Crippen LogP contribution in [-0.2, 0) is 0 Å². The van der Waals surface area contributed by atoms with Crippen LogP contribution in [0.4, 0.5) is 0 Å². The third-order valence-electron chi connectivity index (χ3n) is 4.37. The fourth-order valence-corrected chi connectivity index (χ4v) is 3.78. The normalized spacial score (nSPS) is 15.9. The summed E-state index contributed by atoms with van der Waals surface area (Å²) in [4.78, 5) is 12.5. The van der Waals surface area contributed by atoms with E-state index in [1.54, 1.807) is 0 Å². The molecular formula is C19H19IO. The zero-order chi connectivity index (χ0) is 14.7. The Morgan fingerprint density at radius 2 is 1.57 bits per heavy atom. The first-order valence-electron chi connectivity index (χ1n) is 7.65. The van der Waals surface area contributed by atoms with Crippen molar-refractivity contribution in [1.82, 2.24) is 0 Å². The van der Waals surface area contributed by atoms with Crippen LogP contribution >= 0.6 is 22.6 Å². The topological polar surface area (TPSA) is 17.1 Å². The predicted molar refractivity (Wildman–Crippen MR) is 94.9 cm³/mol. The summed E-state index contributed by atoms with van der Waals surface area (Å²) < 4.78 is 1.01. The molecule has 0 atom stereocenters. The Balaban J connectivity index is 1.80. The highest BCUT2D eigenvalue weighted by Crippen LogP contribution is 2.32. The minimum atomic E-state index is 0.121. The third-order valence-corrected chi connectivity index (χ3v) is 5.31. The number of benzene rings is 2. The second kappa shape index (κ2) is 6.73. The molecular weight excluding hydrogens is 371 g/mol. The number of ketones is 1. The van der Waals surface area contributed by atoms with E-state index in [0.29, 0.717) is 5.92 Å². The van der Waals surface area contributed by atoms with E-state index in [9.17, 15) is 4.79 Å². The monoisotopic (exact) mass is 390 g/mol. The van der Waals surface area contributed by atoms with Crippen LogP contribution in [0.3, 0.4) is 0 Å². The van der Waals surface area contributed by atoms with E-state index >= 15 is 0 Å². The van der Waals surface area contributed by atoms with Crippen LogP contribution in [0.25, 0.3) is 0 Å². The van der Waals surface area contributed by atoms with E-state index in [2.05, 4.69) is 34.7 Å². The number of carbonyl (C=O) groups excluding carboxylic acids is 1. The first-order chi connectivity index (χ1) is 10.3. The van der Waals surface area contributed by atoms with Crippen LogP contribution in [-0.4, -0.2) is 5.78 Å². The zero-order valence-electron chi connectivity index (χ0n) is 12.0. The summed E-state index contributed by atoms with van der Waals surface area (Å²) >= 11 is 2.22. The van der Waals surface area contributed by atoms with Gasteiger partial charge in [-0.25, -0.2) is 0 Å². The maximum absolute atomic E-state index is 12.5. The van der Waals surface area contributed by atoms with Crippen molar-refractivity contribution in [3.8, 4) is 0 Å². The molecule has 1 aliphatic carbocycles. The summed E-state index contributed by atoms with van der Waals surface area (Å²) in [5, 5.41) is 0. The molecule has 0 N–H and O–H groups in total. The van der Waals surface area contributed by atoms with Gasteiger partial charge in [0.05, 0.1) is 0 Å². The lowest BCUT2D eigenvalue weighted by molar-refractivity contribution is 0.103. The van der Waals surface area contributed by atoms with Gasteiger partial charge in [-0.1, -0.05) is 55.7 Å². The van der Waals surface area contributed by atoms with Gasteiger partial charge in [0.25, 0.3) is 0 Å². The lowest BCUT2D eigenvalue weighted by Gasteiger charge is -2.22. The van der Waals surface area contributed by atoms with Crippen molar-refractivity contribution in [2.45, 2.75) is 38.0 Å². The van der Waals surface area contributed by atoms with Crippen molar-refractivity contribution in [2.24, 2.45) is 0 Å². The van der Waals surface area contributed by atoms with Crippen molar-refractivity contribution in [2.75, 3.05) is 0 Å². The van der Waals surface area contributed by atoms with E-state index in [-0.39, 0.29) is 5.78 Å². The van der Waals surface area contributed by atoms with Crippen molar-refractivity contribution in [3.05, 3.63) is 68.8 Å². The Kier molecular flexibility index (Phi) is 4.73. The van der Waals surface area contributed by atoms with Gasteiger partial charge < -0.3 is 0 Å². The lowest BCUT2D eigenvalue weighted by Crippen LogP contribution is -2.06. The van der Waals surface area contributed by atoms with Gasteiger partial charge in [-0.2, -0.15) is 0 Å². The van der Waals surface area contributed by atoms with Gasteiger partial charge in [-0.3, -0.25) is 4.79 Å². The highest BCUT2D eigenvalue weighted by Gasteiger charge is 2.16. The fraction of sp³-hybridized carbons (Fsp3) is 0.316. The average molecular weight is 390 g/mol. The van der Waals surface area contributed by atoms with Crippen LogP contribution < -0.4 is 0 Å². The summed E-state index contributed by atoms with van der Waals surface area (Å²) in [5.41, 5.74) is 2.98. The van der Waals surface area contributed by atoms with Gasteiger partial charge in [-0.15, -0.1) is 0 Å². The van der Waals surface area contributed by atoms with Crippen molar-refractivity contribution in [3.63, 3.8) is 0 Å². The van der Waals surface area contributed by atoms with Crippen molar-refractivity contribution in [1.29, 1.82) is 0 Å². The third kappa shape index (κ3) is 3.37. The molecule has 0 aromatic heterocycles. The van der Waals surface area contributed by atoms with Gasteiger partial charge in [0, 0.05) is 14.7 Å². The van der Waals surface area contributed by atoms with E-state index in [1.807, 2.05) is 36.4 Å². The molecule has 0 bridgehead atoms. The molecule has 0 amide bonds. The number of carbonyl (C=O) groups is 1. The SMILES string of the molecule is O=C(c1ccc(C2CCCCC2)cc1)c1ccccc1I.